The minimum Gasteiger partial charge on any atom is -0.354 e. The van der Waals surface area contributed by atoms with Crippen molar-refractivity contribution in [3.8, 4) is 0 Å². The van der Waals surface area contributed by atoms with E-state index in [2.05, 4.69) is 21.2 Å². The predicted molar refractivity (Wildman–Crippen MR) is 179 cm³/mol. The number of sulfonamides is 1. The number of carbonyl (C=O) groups is 2. The van der Waals surface area contributed by atoms with Crippen LogP contribution in [-0.2, 0) is 32.6 Å². The molecule has 4 rings (SSSR count). The smallest absolute Gasteiger partial charge is 0.264 e. The highest BCUT2D eigenvalue weighted by Gasteiger charge is 2.34. The van der Waals surface area contributed by atoms with E-state index in [1.165, 1.54) is 4.90 Å². The van der Waals surface area contributed by atoms with Gasteiger partial charge in [0.05, 0.1) is 10.6 Å². The van der Waals surface area contributed by atoms with Crippen molar-refractivity contribution in [2.24, 2.45) is 0 Å². The summed E-state index contributed by atoms with van der Waals surface area (Å²) in [5.74, 6) is -0.776. The maximum atomic E-state index is 14.5. The molecule has 4 aromatic carbocycles. The van der Waals surface area contributed by atoms with E-state index in [9.17, 15) is 18.0 Å². The highest BCUT2D eigenvalue weighted by atomic mass is 79.9. The molecule has 0 saturated carbocycles. The van der Waals surface area contributed by atoms with Gasteiger partial charge in [0.15, 0.2) is 0 Å². The van der Waals surface area contributed by atoms with Gasteiger partial charge in [0.1, 0.15) is 12.6 Å². The molecular weight excluding hydrogens is 638 g/mol. The monoisotopic (exact) mass is 675 g/mol. The van der Waals surface area contributed by atoms with E-state index in [0.717, 1.165) is 37.5 Å². The summed E-state index contributed by atoms with van der Waals surface area (Å²) in [5.41, 5.74) is 3.85. The molecule has 0 aromatic heterocycles. The number of carbonyl (C=O) groups excluding carboxylic acids is 2. The molecule has 2 amide bonds. The van der Waals surface area contributed by atoms with Crippen LogP contribution in [0.2, 0.25) is 0 Å². The predicted octanol–water partition coefficient (Wildman–Crippen LogP) is 6.43. The first kappa shape index (κ1) is 33.0. The molecule has 0 radical (unpaired) electrons. The van der Waals surface area contributed by atoms with Crippen LogP contribution >= 0.6 is 15.9 Å². The molecule has 0 aliphatic rings. The van der Waals surface area contributed by atoms with Crippen molar-refractivity contribution in [1.82, 2.24) is 10.2 Å². The zero-order valence-corrected chi connectivity index (χ0v) is 27.6. The van der Waals surface area contributed by atoms with E-state index in [1.54, 1.807) is 42.5 Å². The summed E-state index contributed by atoms with van der Waals surface area (Å²) < 4.78 is 30.3. The molecule has 1 N–H and O–H groups in total. The van der Waals surface area contributed by atoms with Gasteiger partial charge in [-0.1, -0.05) is 95.1 Å². The van der Waals surface area contributed by atoms with Crippen molar-refractivity contribution in [3.63, 3.8) is 0 Å². The molecule has 230 valence electrons. The first-order valence-corrected chi connectivity index (χ1v) is 16.8. The third kappa shape index (κ3) is 8.57. The second kappa shape index (κ2) is 15.2. The van der Waals surface area contributed by atoms with Crippen LogP contribution in [0.15, 0.2) is 112 Å². The van der Waals surface area contributed by atoms with Crippen LogP contribution in [-0.4, -0.2) is 44.3 Å². The molecule has 7 nitrogen and oxygen atoms in total. The number of anilines is 1. The zero-order valence-electron chi connectivity index (χ0n) is 25.2. The largest absolute Gasteiger partial charge is 0.354 e. The van der Waals surface area contributed by atoms with Crippen LogP contribution in [0.25, 0.3) is 0 Å². The normalized spacial score (nSPS) is 11.9. The third-order valence-corrected chi connectivity index (χ3v) is 9.58. The molecule has 9 heteroatoms. The quantitative estimate of drug-likeness (QED) is 0.177. The van der Waals surface area contributed by atoms with Crippen molar-refractivity contribution in [3.05, 3.63) is 130 Å². The Hall–Kier alpha value is -3.95. The SMILES string of the molecule is CCCNC(=O)[C@@H](Cc1ccccc1)N(Cc1ccc(Br)cc1)C(=O)CN(c1cccc(C)c1)S(=O)(=O)c1ccc(C)cc1. The molecule has 0 heterocycles. The van der Waals surface area contributed by atoms with Crippen molar-refractivity contribution in [2.45, 2.75) is 51.1 Å². The second-order valence-corrected chi connectivity index (χ2v) is 13.6. The first-order chi connectivity index (χ1) is 21.1. The van der Waals surface area contributed by atoms with E-state index in [-0.39, 0.29) is 23.8 Å². The van der Waals surface area contributed by atoms with Crippen LogP contribution in [0.5, 0.6) is 0 Å². The standard InChI is InChI=1S/C35H38BrN3O4S/c1-4-21-37-35(41)33(23-28-10-6-5-7-11-28)38(24-29-15-17-30(36)18-16-29)34(40)25-39(31-12-8-9-27(3)22-31)44(42,43)32-19-13-26(2)14-20-32/h5-20,22,33H,4,21,23-25H2,1-3H3,(H,37,41)/t33-/m1/s1. The minimum absolute atomic E-state index is 0.0818. The van der Waals surface area contributed by atoms with Gasteiger partial charge >= 0.3 is 0 Å². The van der Waals surface area contributed by atoms with Crippen LogP contribution in [0.4, 0.5) is 5.69 Å². The first-order valence-electron chi connectivity index (χ1n) is 14.6. The van der Waals surface area contributed by atoms with Crippen LogP contribution in [0.1, 0.15) is 35.6 Å². The number of benzene rings is 4. The molecule has 4 aromatic rings. The number of nitrogens with one attached hydrogen (secondary N) is 1. The van der Waals surface area contributed by atoms with Crippen molar-refractivity contribution >= 4 is 43.5 Å². The lowest BCUT2D eigenvalue weighted by Crippen LogP contribution is -2.53. The Kier molecular flexibility index (Phi) is 11.4. The Balaban J connectivity index is 1.79. The Morgan fingerprint density at radius 2 is 1.50 bits per heavy atom. The van der Waals surface area contributed by atoms with E-state index < -0.39 is 28.5 Å². The molecule has 44 heavy (non-hydrogen) atoms. The van der Waals surface area contributed by atoms with Gasteiger partial charge in [-0.05, 0) is 73.4 Å². The lowest BCUT2D eigenvalue weighted by atomic mass is 10.0. The van der Waals surface area contributed by atoms with Gasteiger partial charge in [0.25, 0.3) is 10.0 Å². The van der Waals surface area contributed by atoms with Gasteiger partial charge in [-0.3, -0.25) is 13.9 Å². The summed E-state index contributed by atoms with van der Waals surface area (Å²) in [6.45, 7) is 5.82. The zero-order chi connectivity index (χ0) is 31.7. The van der Waals surface area contributed by atoms with Gasteiger partial charge in [0.2, 0.25) is 11.8 Å². The molecule has 0 spiro atoms. The molecule has 0 bridgehead atoms. The summed E-state index contributed by atoms with van der Waals surface area (Å²) in [5, 5.41) is 2.96. The fraction of sp³-hybridized carbons (Fsp3) is 0.257. The summed E-state index contributed by atoms with van der Waals surface area (Å²) in [6.07, 6.45) is 1.01. The van der Waals surface area contributed by atoms with Crippen LogP contribution in [0.3, 0.4) is 0 Å². The molecule has 0 fully saturated rings. The molecule has 0 saturated heterocycles. The maximum Gasteiger partial charge on any atom is 0.264 e. The number of aryl methyl sites for hydroxylation is 2. The highest BCUT2D eigenvalue weighted by molar-refractivity contribution is 9.10. The lowest BCUT2D eigenvalue weighted by Gasteiger charge is -2.34. The van der Waals surface area contributed by atoms with E-state index in [1.807, 2.05) is 81.4 Å². The number of halogens is 1. The van der Waals surface area contributed by atoms with Gasteiger partial charge in [-0.25, -0.2) is 8.42 Å². The van der Waals surface area contributed by atoms with Crippen molar-refractivity contribution in [1.29, 1.82) is 0 Å². The second-order valence-electron chi connectivity index (χ2n) is 10.8. The molecule has 0 aliphatic carbocycles. The summed E-state index contributed by atoms with van der Waals surface area (Å²) in [6, 6.07) is 29.8. The van der Waals surface area contributed by atoms with Crippen molar-refractivity contribution < 1.29 is 18.0 Å². The number of hydrogen-bond acceptors (Lipinski definition) is 4. The van der Waals surface area contributed by atoms with Crippen LogP contribution < -0.4 is 9.62 Å². The highest BCUT2D eigenvalue weighted by Crippen LogP contribution is 2.26. The third-order valence-electron chi connectivity index (χ3n) is 7.26. The summed E-state index contributed by atoms with van der Waals surface area (Å²) in [7, 11) is -4.13. The number of nitrogens with zero attached hydrogens (tertiary/aromatic N) is 2. The molecule has 0 unspecified atom stereocenters. The average Bonchev–Trinajstić information content (AvgIpc) is 3.01. The van der Waals surface area contributed by atoms with Gasteiger partial charge in [-0.2, -0.15) is 0 Å². The Bertz CT molecular complexity index is 1660. The summed E-state index contributed by atoms with van der Waals surface area (Å²) >= 11 is 3.46. The van der Waals surface area contributed by atoms with E-state index >= 15 is 0 Å². The maximum absolute atomic E-state index is 14.5. The average molecular weight is 677 g/mol. The Morgan fingerprint density at radius 3 is 2.14 bits per heavy atom. The van der Waals surface area contributed by atoms with Gasteiger partial charge in [-0.15, -0.1) is 0 Å². The number of rotatable bonds is 13. The Morgan fingerprint density at radius 1 is 0.818 bits per heavy atom. The topological polar surface area (TPSA) is 86.8 Å². The van der Waals surface area contributed by atoms with E-state index in [4.69, 9.17) is 0 Å². The van der Waals surface area contributed by atoms with Gasteiger partial charge in [0, 0.05) is 24.0 Å². The lowest BCUT2D eigenvalue weighted by molar-refractivity contribution is -0.140. The number of amides is 2. The fourth-order valence-electron chi connectivity index (χ4n) is 4.86. The van der Waals surface area contributed by atoms with Gasteiger partial charge < -0.3 is 10.2 Å². The molecule has 1 atom stereocenters. The Labute approximate surface area is 269 Å². The summed E-state index contributed by atoms with van der Waals surface area (Å²) in [4.78, 5) is 29.7. The molecular formula is C35H38BrN3O4S. The van der Waals surface area contributed by atoms with E-state index in [0.29, 0.717) is 12.2 Å². The molecule has 0 aliphatic heterocycles. The van der Waals surface area contributed by atoms with Crippen molar-refractivity contribution in [2.75, 3.05) is 17.4 Å². The minimum atomic E-state index is -4.13. The van der Waals surface area contributed by atoms with Crippen LogP contribution in [0, 0.1) is 13.8 Å². The fourth-order valence-corrected chi connectivity index (χ4v) is 6.53. The number of hydrogen-bond donors (Lipinski definition) is 1.